The van der Waals surface area contributed by atoms with Crippen LogP contribution in [-0.4, -0.2) is 45.0 Å². The molecule has 0 saturated carbocycles. The average Bonchev–Trinajstić information content (AvgIpc) is 2.45. The smallest absolute Gasteiger partial charge is 0.338 e. The number of nitrogens with one attached hydrogen (secondary N) is 1. The first-order valence-electron chi connectivity index (χ1n) is 5.65. The average molecular weight is 265 g/mol. The lowest BCUT2D eigenvalue weighted by molar-refractivity contribution is -0.124. The molecule has 1 N–H and O–H groups in total. The van der Waals surface area contributed by atoms with Gasteiger partial charge in [0.25, 0.3) is 5.91 Å². The van der Waals surface area contributed by atoms with E-state index in [0.717, 1.165) is 0 Å². The Hall–Kier alpha value is -2.21. The third-order valence-corrected chi connectivity index (χ3v) is 2.25. The summed E-state index contributed by atoms with van der Waals surface area (Å²) in [7, 11) is 1.52. The van der Waals surface area contributed by atoms with Crippen molar-refractivity contribution in [2.75, 3.05) is 26.9 Å². The molecule has 1 aromatic rings. The molecule has 0 aliphatic carbocycles. The number of ether oxygens (including phenoxy) is 2. The quantitative estimate of drug-likeness (QED) is 0.439. The normalized spacial score (nSPS) is 9.74. The molecule has 0 unspecified atom stereocenters. The minimum atomic E-state index is -0.612. The highest BCUT2D eigenvalue weighted by atomic mass is 16.5. The van der Waals surface area contributed by atoms with E-state index in [1.165, 1.54) is 31.4 Å². The summed E-state index contributed by atoms with van der Waals surface area (Å²) in [5.74, 6) is -1.01. The zero-order chi connectivity index (χ0) is 14.1. The minimum Gasteiger partial charge on any atom is -0.452 e. The second-order valence-electron chi connectivity index (χ2n) is 3.66. The van der Waals surface area contributed by atoms with Crippen molar-refractivity contribution < 1.29 is 23.9 Å². The van der Waals surface area contributed by atoms with E-state index in [4.69, 9.17) is 9.47 Å². The van der Waals surface area contributed by atoms with Gasteiger partial charge in [0, 0.05) is 19.2 Å². The molecule has 19 heavy (non-hydrogen) atoms. The van der Waals surface area contributed by atoms with Crippen LogP contribution < -0.4 is 5.32 Å². The maximum absolute atomic E-state index is 11.6. The van der Waals surface area contributed by atoms with Crippen molar-refractivity contribution in [3.8, 4) is 0 Å². The van der Waals surface area contributed by atoms with E-state index in [-0.39, 0.29) is 12.2 Å². The Balaban J connectivity index is 2.37. The molecule has 0 aliphatic rings. The second kappa shape index (κ2) is 7.99. The van der Waals surface area contributed by atoms with E-state index < -0.39 is 11.9 Å². The van der Waals surface area contributed by atoms with Gasteiger partial charge >= 0.3 is 5.97 Å². The highest BCUT2D eigenvalue weighted by molar-refractivity contribution is 5.92. The summed E-state index contributed by atoms with van der Waals surface area (Å²) in [6, 6.07) is 5.94. The molecular formula is C13H15NO5. The topological polar surface area (TPSA) is 81.7 Å². The standard InChI is InChI=1S/C13H15NO5/c1-18-7-6-14-12(16)9-19-13(17)11-4-2-10(8-15)3-5-11/h2-5,8H,6-7,9H2,1H3,(H,14,16). The predicted octanol–water partition coefficient (Wildman–Crippen LogP) is 0.418. The number of hydrogen-bond donors (Lipinski definition) is 1. The summed E-state index contributed by atoms with van der Waals surface area (Å²) in [6.45, 7) is 0.408. The van der Waals surface area contributed by atoms with Gasteiger partial charge in [0.1, 0.15) is 6.29 Å². The predicted molar refractivity (Wildman–Crippen MR) is 67.0 cm³/mol. The molecule has 0 aromatic heterocycles. The highest BCUT2D eigenvalue weighted by Crippen LogP contribution is 2.04. The van der Waals surface area contributed by atoms with Gasteiger partial charge in [-0.05, 0) is 12.1 Å². The zero-order valence-corrected chi connectivity index (χ0v) is 10.5. The van der Waals surface area contributed by atoms with Crippen LogP contribution in [0.4, 0.5) is 0 Å². The molecule has 0 bridgehead atoms. The van der Waals surface area contributed by atoms with Crippen molar-refractivity contribution in [3.05, 3.63) is 35.4 Å². The van der Waals surface area contributed by atoms with Crippen molar-refractivity contribution in [1.82, 2.24) is 5.32 Å². The molecule has 0 heterocycles. The van der Waals surface area contributed by atoms with E-state index in [1.807, 2.05) is 0 Å². The number of carbonyl (C=O) groups excluding carboxylic acids is 3. The molecule has 102 valence electrons. The number of hydrogen-bond acceptors (Lipinski definition) is 5. The fraction of sp³-hybridized carbons (Fsp3) is 0.308. The second-order valence-corrected chi connectivity index (χ2v) is 3.66. The number of amides is 1. The van der Waals surface area contributed by atoms with Gasteiger partial charge in [-0.15, -0.1) is 0 Å². The summed E-state index contributed by atoms with van der Waals surface area (Å²) in [5, 5.41) is 2.52. The van der Waals surface area contributed by atoms with Crippen LogP contribution in [0.1, 0.15) is 20.7 Å². The van der Waals surface area contributed by atoms with Gasteiger partial charge in [-0.1, -0.05) is 12.1 Å². The summed E-state index contributed by atoms with van der Waals surface area (Å²) < 4.78 is 9.57. The van der Waals surface area contributed by atoms with Crippen molar-refractivity contribution in [1.29, 1.82) is 0 Å². The van der Waals surface area contributed by atoms with Crippen LogP contribution in [-0.2, 0) is 14.3 Å². The van der Waals surface area contributed by atoms with Gasteiger partial charge in [0.2, 0.25) is 0 Å². The van der Waals surface area contributed by atoms with Gasteiger partial charge in [-0.25, -0.2) is 4.79 Å². The molecule has 1 amide bonds. The first-order valence-corrected chi connectivity index (χ1v) is 5.65. The van der Waals surface area contributed by atoms with Crippen LogP contribution in [0.15, 0.2) is 24.3 Å². The van der Waals surface area contributed by atoms with Crippen LogP contribution in [0.25, 0.3) is 0 Å². The van der Waals surface area contributed by atoms with Gasteiger partial charge in [-0.3, -0.25) is 9.59 Å². The van der Waals surface area contributed by atoms with Crippen LogP contribution >= 0.6 is 0 Å². The van der Waals surface area contributed by atoms with E-state index >= 15 is 0 Å². The number of esters is 1. The number of rotatable bonds is 7. The van der Waals surface area contributed by atoms with Crippen LogP contribution in [0.3, 0.4) is 0 Å². The van der Waals surface area contributed by atoms with E-state index in [1.54, 1.807) is 0 Å². The van der Waals surface area contributed by atoms with Crippen LogP contribution in [0, 0.1) is 0 Å². The summed E-state index contributed by atoms with van der Waals surface area (Å²) in [4.78, 5) is 33.3. The van der Waals surface area contributed by atoms with Crippen molar-refractivity contribution in [2.45, 2.75) is 0 Å². The maximum Gasteiger partial charge on any atom is 0.338 e. The lowest BCUT2D eigenvalue weighted by Crippen LogP contribution is -2.31. The molecule has 0 atom stereocenters. The molecule has 0 aliphatic heterocycles. The molecule has 6 nitrogen and oxygen atoms in total. The third-order valence-electron chi connectivity index (χ3n) is 2.25. The number of aldehydes is 1. The Morgan fingerprint density at radius 3 is 2.53 bits per heavy atom. The van der Waals surface area contributed by atoms with Crippen molar-refractivity contribution in [2.24, 2.45) is 0 Å². The molecule has 1 rings (SSSR count). The van der Waals surface area contributed by atoms with Gasteiger partial charge in [0.05, 0.1) is 12.2 Å². The Morgan fingerprint density at radius 2 is 1.95 bits per heavy atom. The molecule has 0 spiro atoms. The Bertz CT molecular complexity index is 441. The van der Waals surface area contributed by atoms with Crippen LogP contribution in [0.2, 0.25) is 0 Å². The highest BCUT2D eigenvalue weighted by Gasteiger charge is 2.09. The van der Waals surface area contributed by atoms with Gasteiger partial charge in [0.15, 0.2) is 6.61 Å². The first-order chi connectivity index (χ1) is 9.17. The number of benzene rings is 1. The Morgan fingerprint density at radius 1 is 1.26 bits per heavy atom. The van der Waals surface area contributed by atoms with Crippen molar-refractivity contribution in [3.63, 3.8) is 0 Å². The fourth-order valence-corrected chi connectivity index (χ4v) is 1.26. The largest absolute Gasteiger partial charge is 0.452 e. The van der Waals surface area contributed by atoms with Crippen LogP contribution in [0.5, 0.6) is 0 Å². The van der Waals surface area contributed by atoms with E-state index in [0.29, 0.717) is 25.0 Å². The fourth-order valence-electron chi connectivity index (χ4n) is 1.26. The number of methoxy groups -OCH3 is 1. The Labute approximate surface area is 110 Å². The SMILES string of the molecule is COCCNC(=O)COC(=O)c1ccc(C=O)cc1. The van der Waals surface area contributed by atoms with E-state index in [9.17, 15) is 14.4 Å². The first kappa shape index (κ1) is 14.8. The van der Waals surface area contributed by atoms with E-state index in [2.05, 4.69) is 5.32 Å². The lowest BCUT2D eigenvalue weighted by Gasteiger charge is -2.06. The molecule has 0 radical (unpaired) electrons. The lowest BCUT2D eigenvalue weighted by atomic mass is 10.1. The zero-order valence-electron chi connectivity index (χ0n) is 10.5. The summed E-state index contributed by atoms with van der Waals surface area (Å²) in [6.07, 6.45) is 0.679. The molecular weight excluding hydrogens is 250 g/mol. The summed E-state index contributed by atoms with van der Waals surface area (Å²) in [5.41, 5.74) is 0.754. The molecule has 0 saturated heterocycles. The minimum absolute atomic E-state index is 0.287. The van der Waals surface area contributed by atoms with Gasteiger partial charge < -0.3 is 14.8 Å². The van der Waals surface area contributed by atoms with Crippen molar-refractivity contribution >= 4 is 18.2 Å². The Kier molecular flexibility index (Phi) is 6.25. The summed E-state index contributed by atoms with van der Waals surface area (Å²) >= 11 is 0. The molecule has 6 heteroatoms. The van der Waals surface area contributed by atoms with Gasteiger partial charge in [-0.2, -0.15) is 0 Å². The molecule has 0 fully saturated rings. The third kappa shape index (κ3) is 5.31. The number of carbonyl (C=O) groups is 3. The maximum atomic E-state index is 11.6. The molecule has 1 aromatic carbocycles. The monoisotopic (exact) mass is 265 g/mol.